The van der Waals surface area contributed by atoms with Gasteiger partial charge in [-0.2, -0.15) is 0 Å². The lowest BCUT2D eigenvalue weighted by molar-refractivity contribution is 0.0994. The Morgan fingerprint density at radius 2 is 1.97 bits per heavy atom. The van der Waals surface area contributed by atoms with Crippen LogP contribution in [0.2, 0.25) is 0 Å². The molecule has 33 heavy (non-hydrogen) atoms. The van der Waals surface area contributed by atoms with Crippen LogP contribution in [0.5, 0.6) is 0 Å². The van der Waals surface area contributed by atoms with Crippen LogP contribution in [0.3, 0.4) is 0 Å². The second-order valence-corrected chi connectivity index (χ2v) is 8.65. The predicted octanol–water partition coefficient (Wildman–Crippen LogP) is 2.86. The molecular weight excluding hydrogens is 418 g/mol. The number of furan rings is 1. The SMILES string of the molecule is C[C@@H]1C[C@H](N)CN(c2ccncc2CC(=O)c2c(N)oc3cc(-c4cncnc4)cnc23)C1. The number of pyridine rings is 2. The Bertz CT molecular complexity index is 1290. The third kappa shape index (κ3) is 4.14. The third-order valence-corrected chi connectivity index (χ3v) is 5.99. The van der Waals surface area contributed by atoms with Crippen molar-refractivity contribution in [3.8, 4) is 11.1 Å². The highest BCUT2D eigenvalue weighted by molar-refractivity contribution is 6.11. The highest BCUT2D eigenvalue weighted by atomic mass is 16.3. The Labute approximate surface area is 190 Å². The summed E-state index contributed by atoms with van der Waals surface area (Å²) in [7, 11) is 0. The molecule has 0 radical (unpaired) electrons. The molecule has 1 fully saturated rings. The van der Waals surface area contributed by atoms with Gasteiger partial charge in [0.15, 0.2) is 11.4 Å². The average Bonchev–Trinajstić information content (AvgIpc) is 3.14. The summed E-state index contributed by atoms with van der Waals surface area (Å²) in [5, 5.41) is 0. The second kappa shape index (κ2) is 8.59. The summed E-state index contributed by atoms with van der Waals surface area (Å²) in [6.45, 7) is 3.83. The molecule has 4 aromatic heterocycles. The fourth-order valence-corrected chi connectivity index (χ4v) is 4.59. The van der Waals surface area contributed by atoms with Gasteiger partial charge in [-0.1, -0.05) is 6.92 Å². The van der Waals surface area contributed by atoms with Crippen LogP contribution in [0, 0.1) is 5.92 Å². The Balaban J connectivity index is 1.45. The number of nitrogen functional groups attached to an aromatic ring is 1. The van der Waals surface area contributed by atoms with Crippen LogP contribution in [0.4, 0.5) is 11.6 Å². The molecular formula is C24H25N7O2. The van der Waals surface area contributed by atoms with Gasteiger partial charge in [-0.25, -0.2) is 9.97 Å². The summed E-state index contributed by atoms with van der Waals surface area (Å²) in [6.07, 6.45) is 11.1. The number of Topliss-reactive ketones (excluding diaryl/α,β-unsaturated/α-hetero) is 1. The van der Waals surface area contributed by atoms with Crippen LogP contribution in [-0.2, 0) is 6.42 Å². The number of ketones is 1. The van der Waals surface area contributed by atoms with Gasteiger partial charge in [0.2, 0.25) is 5.88 Å². The minimum atomic E-state index is -0.168. The zero-order valence-corrected chi connectivity index (χ0v) is 18.3. The summed E-state index contributed by atoms with van der Waals surface area (Å²) in [4.78, 5) is 32.4. The van der Waals surface area contributed by atoms with Gasteiger partial charge in [0.05, 0.1) is 0 Å². The standard InChI is InChI=1S/C24H25N7O2/c1-14-4-18(25)12-31(11-14)19-2-3-27-7-16(19)5-20(32)22-23-21(33-24(22)26)6-15(10-30-23)17-8-28-13-29-9-17/h2-3,6-10,13-14,18H,4-5,11-12,25-26H2,1H3/t14-,18+/m1/s1. The van der Waals surface area contributed by atoms with Crippen LogP contribution >= 0.6 is 0 Å². The van der Waals surface area contributed by atoms with E-state index < -0.39 is 0 Å². The van der Waals surface area contributed by atoms with Gasteiger partial charge in [0.1, 0.15) is 17.4 Å². The van der Waals surface area contributed by atoms with E-state index in [1.54, 1.807) is 37.1 Å². The van der Waals surface area contributed by atoms with Crippen molar-refractivity contribution in [2.75, 3.05) is 23.7 Å². The van der Waals surface area contributed by atoms with E-state index in [-0.39, 0.29) is 24.1 Å². The summed E-state index contributed by atoms with van der Waals surface area (Å²) < 4.78 is 5.71. The summed E-state index contributed by atoms with van der Waals surface area (Å²) >= 11 is 0. The Kier molecular flexibility index (Phi) is 5.47. The number of nitrogens with two attached hydrogens (primary N) is 2. The highest BCUT2D eigenvalue weighted by Crippen LogP contribution is 2.32. The van der Waals surface area contributed by atoms with E-state index >= 15 is 0 Å². The van der Waals surface area contributed by atoms with E-state index in [2.05, 4.69) is 31.8 Å². The smallest absolute Gasteiger partial charge is 0.204 e. The molecule has 2 atom stereocenters. The van der Waals surface area contributed by atoms with Gasteiger partial charge in [-0.05, 0) is 24.5 Å². The number of nitrogens with zero attached hydrogens (tertiary/aromatic N) is 5. The molecule has 0 aliphatic carbocycles. The minimum Gasteiger partial charge on any atom is -0.438 e. The maximum Gasteiger partial charge on any atom is 0.204 e. The molecule has 9 nitrogen and oxygen atoms in total. The van der Waals surface area contributed by atoms with Crippen molar-refractivity contribution in [1.29, 1.82) is 0 Å². The molecule has 1 aliphatic rings. The number of piperidine rings is 1. The lowest BCUT2D eigenvalue weighted by Crippen LogP contribution is -2.46. The fourth-order valence-electron chi connectivity index (χ4n) is 4.59. The van der Waals surface area contributed by atoms with E-state index in [0.717, 1.165) is 41.9 Å². The molecule has 0 aromatic carbocycles. The first-order chi connectivity index (χ1) is 16.0. The van der Waals surface area contributed by atoms with E-state index in [1.165, 1.54) is 6.33 Å². The van der Waals surface area contributed by atoms with Crippen molar-refractivity contribution in [3.05, 3.63) is 60.6 Å². The van der Waals surface area contributed by atoms with E-state index in [1.807, 2.05) is 6.07 Å². The lowest BCUT2D eigenvalue weighted by atomic mass is 9.95. The van der Waals surface area contributed by atoms with Gasteiger partial charge in [0, 0.05) is 78.9 Å². The van der Waals surface area contributed by atoms with Crippen molar-refractivity contribution in [2.24, 2.45) is 11.7 Å². The minimum absolute atomic E-state index is 0.0584. The quantitative estimate of drug-likeness (QED) is 0.446. The maximum atomic E-state index is 13.4. The van der Waals surface area contributed by atoms with Crippen molar-refractivity contribution >= 4 is 28.5 Å². The molecule has 0 saturated carbocycles. The Morgan fingerprint density at radius 1 is 1.15 bits per heavy atom. The average molecular weight is 444 g/mol. The van der Waals surface area contributed by atoms with Crippen LogP contribution < -0.4 is 16.4 Å². The number of carbonyl (C=O) groups is 1. The molecule has 4 N–H and O–H groups in total. The summed E-state index contributed by atoms with van der Waals surface area (Å²) in [5.74, 6) is 0.369. The topological polar surface area (TPSA) is 137 Å². The van der Waals surface area contributed by atoms with Gasteiger partial charge >= 0.3 is 0 Å². The monoisotopic (exact) mass is 443 g/mol. The van der Waals surface area contributed by atoms with Crippen molar-refractivity contribution in [3.63, 3.8) is 0 Å². The molecule has 0 unspecified atom stereocenters. The molecule has 5 heterocycles. The molecule has 1 aliphatic heterocycles. The number of anilines is 2. The van der Waals surface area contributed by atoms with Crippen LogP contribution in [-0.4, -0.2) is 44.9 Å². The van der Waals surface area contributed by atoms with Gasteiger partial charge in [-0.3, -0.25) is 14.8 Å². The summed E-state index contributed by atoms with van der Waals surface area (Å²) in [6, 6.07) is 3.84. The number of hydrogen-bond acceptors (Lipinski definition) is 9. The Morgan fingerprint density at radius 3 is 2.76 bits per heavy atom. The first-order valence-corrected chi connectivity index (χ1v) is 10.9. The molecule has 0 spiro atoms. The van der Waals surface area contributed by atoms with Crippen LogP contribution in [0.1, 0.15) is 29.3 Å². The largest absolute Gasteiger partial charge is 0.438 e. The number of rotatable bonds is 5. The predicted molar refractivity (Wildman–Crippen MR) is 126 cm³/mol. The fraction of sp³-hybridized carbons (Fsp3) is 0.292. The molecule has 1 saturated heterocycles. The van der Waals surface area contributed by atoms with Crippen LogP contribution in [0.25, 0.3) is 22.2 Å². The second-order valence-electron chi connectivity index (χ2n) is 8.65. The van der Waals surface area contributed by atoms with Gasteiger partial charge < -0.3 is 20.8 Å². The van der Waals surface area contributed by atoms with E-state index in [0.29, 0.717) is 22.6 Å². The zero-order chi connectivity index (χ0) is 22.9. The number of aromatic nitrogens is 4. The normalized spacial score (nSPS) is 18.5. The van der Waals surface area contributed by atoms with Crippen LogP contribution in [0.15, 0.2) is 53.9 Å². The number of carbonyl (C=O) groups excluding carboxylic acids is 1. The molecule has 168 valence electrons. The Hall–Kier alpha value is -3.85. The molecule has 4 aromatic rings. The third-order valence-electron chi connectivity index (χ3n) is 5.99. The van der Waals surface area contributed by atoms with Crippen molar-refractivity contribution < 1.29 is 9.21 Å². The van der Waals surface area contributed by atoms with Gasteiger partial charge in [-0.15, -0.1) is 0 Å². The van der Waals surface area contributed by atoms with E-state index in [4.69, 9.17) is 15.9 Å². The zero-order valence-electron chi connectivity index (χ0n) is 18.3. The highest BCUT2D eigenvalue weighted by Gasteiger charge is 2.26. The maximum absolute atomic E-state index is 13.4. The lowest BCUT2D eigenvalue weighted by Gasteiger charge is -2.37. The van der Waals surface area contributed by atoms with Gasteiger partial charge in [0.25, 0.3) is 0 Å². The van der Waals surface area contributed by atoms with Crippen molar-refractivity contribution in [1.82, 2.24) is 19.9 Å². The molecule has 5 rings (SSSR count). The number of hydrogen-bond donors (Lipinski definition) is 2. The van der Waals surface area contributed by atoms with Crippen molar-refractivity contribution in [2.45, 2.75) is 25.8 Å². The summed E-state index contributed by atoms with van der Waals surface area (Å²) in [5.41, 5.74) is 16.9. The molecule has 0 amide bonds. The number of fused-ring (bicyclic) bond motifs is 1. The molecule has 0 bridgehead atoms. The molecule has 9 heteroatoms. The first-order valence-electron chi connectivity index (χ1n) is 10.9. The first kappa shape index (κ1) is 21.0. The van der Waals surface area contributed by atoms with E-state index in [9.17, 15) is 4.79 Å².